The van der Waals surface area contributed by atoms with Gasteiger partial charge in [0, 0.05) is 16.7 Å². The number of hydrogen-bond donors (Lipinski definition) is 0. The number of carbonyl (C=O) groups is 2. The van der Waals surface area contributed by atoms with Gasteiger partial charge in [-0.05, 0) is 60.7 Å². The van der Waals surface area contributed by atoms with Gasteiger partial charge in [-0.2, -0.15) is 0 Å². The van der Waals surface area contributed by atoms with Gasteiger partial charge in [0.15, 0.2) is 18.2 Å². The minimum atomic E-state index is -0.487. The monoisotopic (exact) mass is 352 g/mol. The molecule has 3 rings (SSSR count). The van der Waals surface area contributed by atoms with Gasteiger partial charge < -0.3 is 4.74 Å². The highest BCUT2D eigenvalue weighted by Crippen LogP contribution is 2.16. The Morgan fingerprint density at radius 3 is 1.96 bits per heavy atom. The molecule has 0 heterocycles. The van der Waals surface area contributed by atoms with Crippen LogP contribution < -0.4 is 4.74 Å². The highest BCUT2D eigenvalue weighted by atomic mass is 19.1. The van der Waals surface area contributed by atoms with Crippen LogP contribution in [-0.2, 0) is 0 Å². The van der Waals surface area contributed by atoms with Crippen molar-refractivity contribution in [3.05, 3.63) is 101 Å². The highest BCUT2D eigenvalue weighted by Gasteiger charge is 2.11. The van der Waals surface area contributed by atoms with Crippen LogP contribution in [0.3, 0.4) is 0 Å². The maximum absolute atomic E-state index is 13.1. The van der Waals surface area contributed by atoms with E-state index in [2.05, 4.69) is 0 Å². The van der Waals surface area contributed by atoms with E-state index < -0.39 is 11.6 Å². The van der Waals surface area contributed by atoms with Crippen LogP contribution in [0.4, 0.5) is 8.78 Å². The van der Waals surface area contributed by atoms with Crippen molar-refractivity contribution in [2.24, 2.45) is 0 Å². The molecule has 0 N–H and O–H groups in total. The number of ketones is 2. The summed E-state index contributed by atoms with van der Waals surface area (Å²) in [5.41, 5.74) is 1.02. The minimum absolute atomic E-state index is 0.230. The van der Waals surface area contributed by atoms with Crippen molar-refractivity contribution in [2.75, 3.05) is 6.61 Å². The number of ether oxygens (including phenoxy) is 1. The van der Waals surface area contributed by atoms with Crippen LogP contribution in [0.5, 0.6) is 5.75 Å². The van der Waals surface area contributed by atoms with Crippen molar-refractivity contribution in [1.82, 2.24) is 0 Å². The molecule has 3 aromatic rings. The minimum Gasteiger partial charge on any atom is -0.485 e. The predicted molar refractivity (Wildman–Crippen MR) is 92.5 cm³/mol. The standard InChI is InChI=1S/C21H14F2O3/c22-17-8-4-14(5-9-17)21(25)15-6-10-19(11-7-15)26-13-20(24)16-2-1-3-18(23)12-16/h1-12H,13H2. The Morgan fingerprint density at radius 2 is 1.35 bits per heavy atom. The Hall–Kier alpha value is -3.34. The summed E-state index contributed by atoms with van der Waals surface area (Å²) >= 11 is 0. The summed E-state index contributed by atoms with van der Waals surface area (Å²) in [6.45, 7) is -0.241. The summed E-state index contributed by atoms with van der Waals surface area (Å²) in [6, 6.07) is 16.9. The third-order valence-electron chi connectivity index (χ3n) is 3.74. The normalized spacial score (nSPS) is 10.4. The first-order valence-electron chi connectivity index (χ1n) is 7.85. The number of carbonyl (C=O) groups excluding carboxylic acids is 2. The first kappa shape index (κ1) is 17.5. The van der Waals surface area contributed by atoms with Crippen LogP contribution in [0, 0.1) is 11.6 Å². The number of Topliss-reactive ketones (excluding diaryl/α,β-unsaturated/α-hetero) is 1. The molecule has 0 aromatic heterocycles. The molecule has 0 aliphatic rings. The van der Waals surface area contributed by atoms with E-state index in [9.17, 15) is 18.4 Å². The van der Waals surface area contributed by atoms with E-state index in [0.717, 1.165) is 6.07 Å². The summed E-state index contributed by atoms with van der Waals surface area (Å²) < 4.78 is 31.4. The molecule has 0 amide bonds. The molecule has 0 aliphatic carbocycles. The van der Waals surface area contributed by atoms with Crippen LogP contribution in [0.25, 0.3) is 0 Å². The molecule has 0 atom stereocenters. The van der Waals surface area contributed by atoms with Gasteiger partial charge in [-0.25, -0.2) is 8.78 Å². The smallest absolute Gasteiger partial charge is 0.200 e. The fourth-order valence-corrected chi connectivity index (χ4v) is 2.36. The van der Waals surface area contributed by atoms with Gasteiger partial charge in [0.05, 0.1) is 0 Å². The number of benzene rings is 3. The van der Waals surface area contributed by atoms with Crippen molar-refractivity contribution in [3.63, 3.8) is 0 Å². The molecule has 0 radical (unpaired) electrons. The SMILES string of the molecule is O=C(COc1ccc(C(=O)c2ccc(F)cc2)cc1)c1cccc(F)c1. The van der Waals surface area contributed by atoms with E-state index in [1.54, 1.807) is 24.3 Å². The maximum Gasteiger partial charge on any atom is 0.200 e. The maximum atomic E-state index is 13.1. The molecule has 0 aliphatic heterocycles. The molecule has 26 heavy (non-hydrogen) atoms. The van der Waals surface area contributed by atoms with Crippen LogP contribution in [0.1, 0.15) is 26.3 Å². The van der Waals surface area contributed by atoms with Gasteiger partial charge in [0.1, 0.15) is 17.4 Å². The van der Waals surface area contributed by atoms with Gasteiger partial charge in [0.2, 0.25) is 0 Å². The van der Waals surface area contributed by atoms with Crippen LogP contribution >= 0.6 is 0 Å². The van der Waals surface area contributed by atoms with E-state index in [-0.39, 0.29) is 23.7 Å². The van der Waals surface area contributed by atoms with Crippen LogP contribution in [-0.4, -0.2) is 18.2 Å². The zero-order valence-electron chi connectivity index (χ0n) is 13.6. The molecule has 3 aromatic carbocycles. The Balaban J connectivity index is 1.63. The lowest BCUT2D eigenvalue weighted by Gasteiger charge is -2.07. The number of halogens is 2. The summed E-state index contributed by atoms with van der Waals surface area (Å²) in [5.74, 6) is -1.08. The molecule has 3 nitrogen and oxygen atoms in total. The lowest BCUT2D eigenvalue weighted by molar-refractivity contribution is 0.0920. The van der Waals surface area contributed by atoms with Gasteiger partial charge >= 0.3 is 0 Å². The third kappa shape index (κ3) is 4.19. The molecule has 0 saturated carbocycles. The second kappa shape index (κ2) is 7.70. The molecular weight excluding hydrogens is 338 g/mol. The Morgan fingerprint density at radius 1 is 0.731 bits per heavy atom. The molecule has 0 saturated heterocycles. The summed E-state index contributed by atoms with van der Waals surface area (Å²) in [6.07, 6.45) is 0. The van der Waals surface area contributed by atoms with E-state index in [0.29, 0.717) is 16.9 Å². The highest BCUT2D eigenvalue weighted by molar-refractivity contribution is 6.09. The van der Waals surface area contributed by atoms with Gasteiger partial charge in [-0.1, -0.05) is 12.1 Å². The molecule has 130 valence electrons. The second-order valence-electron chi connectivity index (χ2n) is 5.58. The Kier molecular flexibility index (Phi) is 5.17. The van der Waals surface area contributed by atoms with Crippen molar-refractivity contribution in [1.29, 1.82) is 0 Å². The average Bonchev–Trinajstić information content (AvgIpc) is 2.66. The molecule has 0 fully saturated rings. The van der Waals surface area contributed by atoms with Gasteiger partial charge in [-0.15, -0.1) is 0 Å². The summed E-state index contributed by atoms with van der Waals surface area (Å²) in [4.78, 5) is 24.3. The van der Waals surface area contributed by atoms with E-state index in [1.165, 1.54) is 42.5 Å². The predicted octanol–water partition coefficient (Wildman–Crippen LogP) is 4.46. The summed E-state index contributed by atoms with van der Waals surface area (Å²) in [7, 11) is 0. The zero-order chi connectivity index (χ0) is 18.5. The lowest BCUT2D eigenvalue weighted by Crippen LogP contribution is -2.11. The fraction of sp³-hybridized carbons (Fsp3) is 0.0476. The Labute approximate surface area is 148 Å². The van der Waals surface area contributed by atoms with Crippen LogP contribution in [0.15, 0.2) is 72.8 Å². The largest absolute Gasteiger partial charge is 0.485 e. The number of rotatable bonds is 6. The van der Waals surface area contributed by atoms with Crippen molar-refractivity contribution >= 4 is 11.6 Å². The zero-order valence-corrected chi connectivity index (χ0v) is 13.6. The van der Waals surface area contributed by atoms with Gasteiger partial charge in [0.25, 0.3) is 0 Å². The fourth-order valence-electron chi connectivity index (χ4n) is 2.36. The Bertz CT molecular complexity index is 932. The summed E-state index contributed by atoms with van der Waals surface area (Å²) in [5, 5.41) is 0. The van der Waals surface area contributed by atoms with Crippen molar-refractivity contribution in [3.8, 4) is 5.75 Å². The first-order valence-corrected chi connectivity index (χ1v) is 7.85. The topological polar surface area (TPSA) is 43.4 Å². The second-order valence-corrected chi connectivity index (χ2v) is 5.58. The van der Waals surface area contributed by atoms with E-state index in [4.69, 9.17) is 4.74 Å². The first-order chi connectivity index (χ1) is 12.5. The third-order valence-corrected chi connectivity index (χ3v) is 3.74. The van der Waals surface area contributed by atoms with Gasteiger partial charge in [-0.3, -0.25) is 9.59 Å². The quantitative estimate of drug-likeness (QED) is 0.615. The molecular formula is C21H14F2O3. The van der Waals surface area contributed by atoms with E-state index in [1.807, 2.05) is 0 Å². The van der Waals surface area contributed by atoms with Crippen molar-refractivity contribution in [2.45, 2.75) is 0 Å². The molecule has 5 heteroatoms. The number of hydrogen-bond acceptors (Lipinski definition) is 3. The van der Waals surface area contributed by atoms with E-state index >= 15 is 0 Å². The van der Waals surface area contributed by atoms with Crippen molar-refractivity contribution < 1.29 is 23.1 Å². The van der Waals surface area contributed by atoms with Crippen LogP contribution in [0.2, 0.25) is 0 Å². The molecule has 0 bridgehead atoms. The molecule has 0 spiro atoms. The lowest BCUT2D eigenvalue weighted by atomic mass is 10.0. The average molecular weight is 352 g/mol. The molecule has 0 unspecified atom stereocenters.